The summed E-state index contributed by atoms with van der Waals surface area (Å²) in [5, 5.41) is 9.07. The highest BCUT2D eigenvalue weighted by atomic mass is 32.2. The Balaban J connectivity index is 2.98. The van der Waals surface area contributed by atoms with Crippen molar-refractivity contribution in [2.45, 2.75) is 11.8 Å². The van der Waals surface area contributed by atoms with Gasteiger partial charge >= 0.3 is 5.97 Å². The molecule has 6 heteroatoms. The Labute approximate surface area is 123 Å². The van der Waals surface area contributed by atoms with Crippen LogP contribution in [-0.2, 0) is 9.47 Å². The Morgan fingerprint density at radius 2 is 2.15 bits per heavy atom. The summed E-state index contributed by atoms with van der Waals surface area (Å²) >= 11 is 1.52. The molecule has 1 aromatic carbocycles. The summed E-state index contributed by atoms with van der Waals surface area (Å²) < 4.78 is 15.1. The quantitative estimate of drug-likeness (QED) is 0.451. The van der Waals surface area contributed by atoms with Crippen LogP contribution in [0.1, 0.15) is 17.3 Å². The molecule has 1 aromatic rings. The third kappa shape index (κ3) is 4.70. The van der Waals surface area contributed by atoms with Crippen molar-refractivity contribution in [1.82, 2.24) is 0 Å². The van der Waals surface area contributed by atoms with Gasteiger partial charge in [0, 0.05) is 19.5 Å². The Hall–Kier alpha value is -1.24. The molecule has 112 valence electrons. The van der Waals surface area contributed by atoms with Crippen molar-refractivity contribution in [3.63, 3.8) is 0 Å². The van der Waals surface area contributed by atoms with Gasteiger partial charge in [-0.1, -0.05) is 13.0 Å². The number of esters is 1. The summed E-state index contributed by atoms with van der Waals surface area (Å²) in [6, 6.07) is 5.29. The van der Waals surface area contributed by atoms with Crippen LogP contribution in [0, 0.1) is 5.92 Å². The lowest BCUT2D eigenvalue weighted by Crippen LogP contribution is -2.09. The minimum Gasteiger partial charge on any atom is -0.465 e. The average molecular weight is 300 g/mol. The summed E-state index contributed by atoms with van der Waals surface area (Å²) in [6.45, 7) is 2.13. The lowest BCUT2D eigenvalue weighted by atomic mass is 10.2. The Morgan fingerprint density at radius 3 is 2.75 bits per heavy atom. The molecule has 0 saturated carbocycles. The van der Waals surface area contributed by atoms with Gasteiger partial charge in [-0.2, -0.15) is 0 Å². The van der Waals surface area contributed by atoms with E-state index in [1.807, 2.05) is 13.0 Å². The third-order valence-corrected chi connectivity index (χ3v) is 3.91. The Morgan fingerprint density at radius 1 is 1.40 bits per heavy atom. The standard InChI is InChI=1S/C14H20O5S/c1-10(7-15)8-20-12-6-4-5-11(14(16)18-3)13(12)19-9-17-2/h4-6,10,15H,7-9H2,1-3H3/t10-/m0/s1. The van der Waals surface area contributed by atoms with Crippen LogP contribution in [0.25, 0.3) is 0 Å². The van der Waals surface area contributed by atoms with Gasteiger partial charge in [0.15, 0.2) is 12.5 Å². The van der Waals surface area contributed by atoms with Gasteiger partial charge in [0.05, 0.1) is 12.0 Å². The molecule has 0 unspecified atom stereocenters. The van der Waals surface area contributed by atoms with Crippen molar-refractivity contribution in [3.8, 4) is 5.75 Å². The number of benzene rings is 1. The molecule has 20 heavy (non-hydrogen) atoms. The van der Waals surface area contributed by atoms with E-state index in [-0.39, 0.29) is 19.3 Å². The van der Waals surface area contributed by atoms with Crippen molar-refractivity contribution in [1.29, 1.82) is 0 Å². The van der Waals surface area contributed by atoms with Crippen molar-refractivity contribution in [3.05, 3.63) is 23.8 Å². The molecule has 0 fully saturated rings. The number of rotatable bonds is 8. The van der Waals surface area contributed by atoms with Gasteiger partial charge in [0.1, 0.15) is 5.56 Å². The average Bonchev–Trinajstić information content (AvgIpc) is 2.49. The van der Waals surface area contributed by atoms with Crippen LogP contribution in [0.5, 0.6) is 5.75 Å². The normalized spacial score (nSPS) is 12.0. The number of hydrogen-bond acceptors (Lipinski definition) is 6. The summed E-state index contributed by atoms with van der Waals surface area (Å²) in [7, 11) is 2.84. The zero-order valence-corrected chi connectivity index (χ0v) is 12.7. The largest absolute Gasteiger partial charge is 0.465 e. The fraction of sp³-hybridized carbons (Fsp3) is 0.500. The smallest absolute Gasteiger partial charge is 0.341 e. The number of thioether (sulfide) groups is 1. The molecule has 0 spiro atoms. The maximum Gasteiger partial charge on any atom is 0.341 e. The van der Waals surface area contributed by atoms with E-state index in [2.05, 4.69) is 0 Å². The number of aliphatic hydroxyl groups is 1. The lowest BCUT2D eigenvalue weighted by molar-refractivity contribution is 0.0448. The molecule has 1 atom stereocenters. The van der Waals surface area contributed by atoms with Gasteiger partial charge < -0.3 is 19.3 Å². The predicted octanol–water partition coefficient (Wildman–Crippen LogP) is 2.18. The van der Waals surface area contributed by atoms with Crippen LogP contribution >= 0.6 is 11.8 Å². The summed E-state index contributed by atoms with van der Waals surface area (Å²) in [6.07, 6.45) is 0. The molecule has 0 saturated heterocycles. The number of hydrogen-bond donors (Lipinski definition) is 1. The van der Waals surface area contributed by atoms with Crippen molar-refractivity contribution >= 4 is 17.7 Å². The first-order chi connectivity index (χ1) is 9.63. The van der Waals surface area contributed by atoms with Gasteiger partial charge in [-0.3, -0.25) is 0 Å². The van der Waals surface area contributed by atoms with E-state index in [1.165, 1.54) is 26.0 Å². The van der Waals surface area contributed by atoms with Crippen LogP contribution in [0.3, 0.4) is 0 Å². The molecule has 0 aromatic heterocycles. The number of ether oxygens (including phenoxy) is 3. The monoisotopic (exact) mass is 300 g/mol. The molecular formula is C14H20O5S. The highest BCUT2D eigenvalue weighted by Gasteiger charge is 2.17. The minimum atomic E-state index is -0.450. The first kappa shape index (κ1) is 16.8. The third-order valence-electron chi connectivity index (χ3n) is 2.54. The van der Waals surface area contributed by atoms with E-state index in [1.54, 1.807) is 12.1 Å². The number of para-hydroxylation sites is 1. The number of carbonyl (C=O) groups excluding carboxylic acids is 1. The second kappa shape index (κ2) is 8.84. The van der Waals surface area contributed by atoms with E-state index in [9.17, 15) is 4.79 Å². The summed E-state index contributed by atoms with van der Waals surface area (Å²) in [5.74, 6) is 0.895. The maximum absolute atomic E-state index is 11.8. The van der Waals surface area contributed by atoms with Gasteiger partial charge in [0.25, 0.3) is 0 Å². The van der Waals surface area contributed by atoms with Gasteiger partial charge in [-0.15, -0.1) is 11.8 Å². The highest BCUT2D eigenvalue weighted by Crippen LogP contribution is 2.34. The number of aliphatic hydroxyl groups excluding tert-OH is 1. The van der Waals surface area contributed by atoms with Crippen LogP contribution in [-0.4, -0.2) is 44.4 Å². The molecule has 0 radical (unpaired) electrons. The van der Waals surface area contributed by atoms with Crippen LogP contribution in [0.15, 0.2) is 23.1 Å². The molecule has 1 N–H and O–H groups in total. The molecule has 0 aliphatic heterocycles. The fourth-order valence-corrected chi connectivity index (χ4v) is 2.50. The van der Waals surface area contributed by atoms with E-state index < -0.39 is 5.97 Å². The first-order valence-electron chi connectivity index (χ1n) is 6.20. The Bertz CT molecular complexity index is 436. The first-order valence-corrected chi connectivity index (χ1v) is 7.19. The molecule has 0 bridgehead atoms. The molecule has 0 amide bonds. The minimum absolute atomic E-state index is 0.0527. The fourth-order valence-electron chi connectivity index (χ4n) is 1.45. The molecule has 5 nitrogen and oxygen atoms in total. The summed E-state index contributed by atoms with van der Waals surface area (Å²) in [5.41, 5.74) is 0.367. The van der Waals surface area contributed by atoms with Gasteiger partial charge in [0.2, 0.25) is 0 Å². The Kier molecular flexibility index (Phi) is 7.43. The van der Waals surface area contributed by atoms with Crippen molar-refractivity contribution in [2.24, 2.45) is 5.92 Å². The van der Waals surface area contributed by atoms with Crippen molar-refractivity contribution < 1.29 is 24.1 Å². The van der Waals surface area contributed by atoms with E-state index in [4.69, 9.17) is 19.3 Å². The van der Waals surface area contributed by atoms with Crippen LogP contribution in [0.4, 0.5) is 0 Å². The van der Waals surface area contributed by atoms with Crippen LogP contribution < -0.4 is 4.74 Å². The zero-order chi connectivity index (χ0) is 15.0. The SMILES string of the molecule is COCOc1c(SC[C@@H](C)CO)cccc1C(=O)OC. The number of carbonyl (C=O) groups is 1. The molecular weight excluding hydrogens is 280 g/mol. The maximum atomic E-state index is 11.8. The zero-order valence-electron chi connectivity index (χ0n) is 11.9. The topological polar surface area (TPSA) is 65.0 Å². The second-order valence-corrected chi connectivity index (χ2v) is 5.34. The summed E-state index contributed by atoms with van der Waals surface area (Å²) in [4.78, 5) is 12.6. The molecule has 0 heterocycles. The highest BCUT2D eigenvalue weighted by molar-refractivity contribution is 7.99. The van der Waals surface area contributed by atoms with E-state index in [0.717, 1.165) is 10.6 Å². The predicted molar refractivity (Wildman–Crippen MR) is 77.3 cm³/mol. The second-order valence-electron chi connectivity index (χ2n) is 4.27. The van der Waals surface area contributed by atoms with Crippen LogP contribution in [0.2, 0.25) is 0 Å². The van der Waals surface area contributed by atoms with Gasteiger partial charge in [-0.25, -0.2) is 4.79 Å². The number of methoxy groups -OCH3 is 2. The molecule has 1 rings (SSSR count). The lowest BCUT2D eigenvalue weighted by Gasteiger charge is -2.15. The van der Waals surface area contributed by atoms with E-state index >= 15 is 0 Å². The molecule has 0 aliphatic rings. The van der Waals surface area contributed by atoms with E-state index in [0.29, 0.717) is 11.3 Å². The van der Waals surface area contributed by atoms with Crippen molar-refractivity contribution in [2.75, 3.05) is 33.4 Å². The van der Waals surface area contributed by atoms with Gasteiger partial charge in [-0.05, 0) is 18.1 Å². The molecule has 0 aliphatic carbocycles.